The molecular formula is C9H16O3. The van der Waals surface area contributed by atoms with Gasteiger partial charge < -0.3 is 4.74 Å². The second-order valence-corrected chi connectivity index (χ2v) is 3.03. The molecule has 0 saturated heterocycles. The molecule has 0 aromatic rings. The molecule has 0 aromatic carbocycles. The first kappa shape index (κ1) is 11.1. The van der Waals surface area contributed by atoms with Crippen LogP contribution in [0.1, 0.15) is 27.7 Å². The number of carbonyl (C=O) groups is 2. The largest absolute Gasteiger partial charge is 0.465 e. The first-order valence-corrected chi connectivity index (χ1v) is 4.21. The Hall–Kier alpha value is -0.860. The zero-order chi connectivity index (χ0) is 9.72. The quantitative estimate of drug-likeness (QED) is 0.475. The summed E-state index contributed by atoms with van der Waals surface area (Å²) in [4.78, 5) is 22.3. The van der Waals surface area contributed by atoms with E-state index in [1.807, 2.05) is 0 Å². The first-order chi connectivity index (χ1) is 5.50. The number of esters is 1. The van der Waals surface area contributed by atoms with Crippen molar-refractivity contribution in [2.24, 2.45) is 11.8 Å². The minimum Gasteiger partial charge on any atom is -0.465 e. The van der Waals surface area contributed by atoms with E-state index in [0.717, 1.165) is 0 Å². The topological polar surface area (TPSA) is 43.4 Å². The summed E-state index contributed by atoms with van der Waals surface area (Å²) in [7, 11) is 0. The molecule has 12 heavy (non-hydrogen) atoms. The molecule has 0 aromatic heterocycles. The van der Waals surface area contributed by atoms with Gasteiger partial charge in [0, 0.05) is 5.92 Å². The van der Waals surface area contributed by atoms with E-state index >= 15 is 0 Å². The summed E-state index contributed by atoms with van der Waals surface area (Å²) in [6.45, 7) is 7.19. The molecule has 0 unspecified atom stereocenters. The minimum absolute atomic E-state index is 0.0616. The van der Waals surface area contributed by atoms with Crippen molar-refractivity contribution in [3.63, 3.8) is 0 Å². The molecule has 0 N–H and O–H groups in total. The molecular weight excluding hydrogens is 156 g/mol. The molecule has 0 aliphatic carbocycles. The van der Waals surface area contributed by atoms with Crippen LogP contribution in [0.5, 0.6) is 0 Å². The van der Waals surface area contributed by atoms with Crippen molar-refractivity contribution in [3.05, 3.63) is 0 Å². The zero-order valence-electron chi connectivity index (χ0n) is 8.09. The second-order valence-electron chi connectivity index (χ2n) is 3.03. The summed E-state index contributed by atoms with van der Waals surface area (Å²) in [5, 5.41) is 0. The van der Waals surface area contributed by atoms with Gasteiger partial charge in [-0.3, -0.25) is 9.59 Å². The van der Waals surface area contributed by atoms with Gasteiger partial charge in [-0.25, -0.2) is 0 Å². The average Bonchev–Trinajstić information content (AvgIpc) is 2.02. The molecule has 0 radical (unpaired) electrons. The Kier molecular flexibility index (Phi) is 4.55. The number of rotatable bonds is 4. The highest BCUT2D eigenvalue weighted by Crippen LogP contribution is 2.07. The second kappa shape index (κ2) is 4.91. The molecule has 0 amide bonds. The van der Waals surface area contributed by atoms with Crippen molar-refractivity contribution < 1.29 is 14.3 Å². The van der Waals surface area contributed by atoms with Crippen LogP contribution in [-0.2, 0) is 14.3 Å². The molecule has 0 rings (SSSR count). The fourth-order valence-electron chi connectivity index (χ4n) is 0.883. The highest BCUT2D eigenvalue weighted by Gasteiger charge is 2.24. The van der Waals surface area contributed by atoms with E-state index in [1.165, 1.54) is 0 Å². The lowest BCUT2D eigenvalue weighted by Gasteiger charge is -2.11. The van der Waals surface area contributed by atoms with Gasteiger partial charge in [0.2, 0.25) is 0 Å². The summed E-state index contributed by atoms with van der Waals surface area (Å²) in [6, 6.07) is 0. The molecule has 0 heterocycles. The maximum absolute atomic E-state index is 11.3. The Morgan fingerprint density at radius 1 is 1.25 bits per heavy atom. The molecule has 3 heteroatoms. The number of hydrogen-bond donors (Lipinski definition) is 0. The third-order valence-corrected chi connectivity index (χ3v) is 1.64. The summed E-state index contributed by atoms with van der Waals surface area (Å²) < 4.78 is 4.72. The Labute approximate surface area is 73.1 Å². The Morgan fingerprint density at radius 2 is 1.75 bits per heavy atom. The van der Waals surface area contributed by atoms with Crippen molar-refractivity contribution in [1.29, 1.82) is 0 Å². The van der Waals surface area contributed by atoms with Crippen LogP contribution in [0.25, 0.3) is 0 Å². The number of carbonyl (C=O) groups excluding carboxylic acids is 2. The van der Waals surface area contributed by atoms with Crippen molar-refractivity contribution >= 4 is 11.8 Å². The van der Waals surface area contributed by atoms with Crippen molar-refractivity contribution in [2.45, 2.75) is 27.7 Å². The fourth-order valence-corrected chi connectivity index (χ4v) is 0.883. The van der Waals surface area contributed by atoms with Gasteiger partial charge in [0.15, 0.2) is 0 Å². The van der Waals surface area contributed by atoms with Crippen LogP contribution in [0.4, 0.5) is 0 Å². The van der Waals surface area contributed by atoms with Crippen molar-refractivity contribution in [1.82, 2.24) is 0 Å². The molecule has 0 aliphatic rings. The maximum Gasteiger partial charge on any atom is 0.316 e. The summed E-state index contributed by atoms with van der Waals surface area (Å²) in [5.74, 6) is -1.21. The number of Topliss-reactive ketones (excluding diaryl/α,β-unsaturated/α-hetero) is 1. The van der Waals surface area contributed by atoms with Crippen LogP contribution < -0.4 is 0 Å². The molecule has 1 atom stereocenters. The first-order valence-electron chi connectivity index (χ1n) is 4.21. The van der Waals surface area contributed by atoms with Crippen LogP contribution in [-0.4, -0.2) is 18.4 Å². The van der Waals surface area contributed by atoms with E-state index in [2.05, 4.69) is 0 Å². The zero-order valence-corrected chi connectivity index (χ0v) is 8.09. The third kappa shape index (κ3) is 3.03. The smallest absolute Gasteiger partial charge is 0.316 e. The minimum atomic E-state index is -0.620. The lowest BCUT2D eigenvalue weighted by atomic mass is 9.97. The number of ether oxygens (including phenoxy) is 1. The van der Waals surface area contributed by atoms with Gasteiger partial charge >= 0.3 is 5.97 Å². The molecule has 0 saturated carbocycles. The predicted octanol–water partition coefficient (Wildman–Crippen LogP) is 1.41. The molecule has 70 valence electrons. The normalized spacial score (nSPS) is 12.8. The van der Waals surface area contributed by atoms with Gasteiger partial charge in [-0.15, -0.1) is 0 Å². The molecule has 0 aliphatic heterocycles. The van der Waals surface area contributed by atoms with Crippen LogP contribution in [0.3, 0.4) is 0 Å². The Balaban J connectivity index is 4.10. The van der Waals surface area contributed by atoms with Gasteiger partial charge in [0.25, 0.3) is 0 Å². The van der Waals surface area contributed by atoms with E-state index in [0.29, 0.717) is 6.61 Å². The Morgan fingerprint density at radius 3 is 2.08 bits per heavy atom. The molecule has 0 bridgehead atoms. The van der Waals surface area contributed by atoms with E-state index in [1.54, 1.807) is 27.7 Å². The lowest BCUT2D eigenvalue weighted by Crippen LogP contribution is -2.26. The van der Waals surface area contributed by atoms with Crippen LogP contribution in [0.2, 0.25) is 0 Å². The SMILES string of the molecule is CCOC(=O)[C@@H](C)C(=O)C(C)C. The number of hydrogen-bond acceptors (Lipinski definition) is 3. The van der Waals surface area contributed by atoms with E-state index < -0.39 is 11.9 Å². The Bertz CT molecular complexity index is 173. The standard InChI is InChI=1S/C9H16O3/c1-5-12-9(11)7(4)8(10)6(2)3/h6-7H,5H2,1-4H3/t7-/m0/s1. The van der Waals surface area contributed by atoms with E-state index in [9.17, 15) is 9.59 Å². The monoisotopic (exact) mass is 172 g/mol. The predicted molar refractivity (Wildman–Crippen MR) is 45.6 cm³/mol. The average molecular weight is 172 g/mol. The molecule has 3 nitrogen and oxygen atoms in total. The van der Waals surface area contributed by atoms with Gasteiger partial charge in [-0.05, 0) is 13.8 Å². The van der Waals surface area contributed by atoms with Crippen LogP contribution in [0, 0.1) is 11.8 Å². The molecule has 0 fully saturated rings. The molecule has 0 spiro atoms. The van der Waals surface area contributed by atoms with E-state index in [-0.39, 0.29) is 11.7 Å². The van der Waals surface area contributed by atoms with Crippen molar-refractivity contribution in [2.75, 3.05) is 6.61 Å². The third-order valence-electron chi connectivity index (χ3n) is 1.64. The van der Waals surface area contributed by atoms with E-state index in [4.69, 9.17) is 4.74 Å². The highest BCUT2D eigenvalue weighted by atomic mass is 16.5. The number of ketones is 1. The summed E-state index contributed by atoms with van der Waals surface area (Å²) >= 11 is 0. The maximum atomic E-state index is 11.3. The lowest BCUT2D eigenvalue weighted by molar-refractivity contribution is -0.151. The van der Waals surface area contributed by atoms with Gasteiger partial charge in [0.05, 0.1) is 6.61 Å². The summed E-state index contributed by atoms with van der Waals surface area (Å²) in [6.07, 6.45) is 0. The fraction of sp³-hybridized carbons (Fsp3) is 0.778. The van der Waals surface area contributed by atoms with Gasteiger partial charge in [-0.2, -0.15) is 0 Å². The van der Waals surface area contributed by atoms with Crippen LogP contribution in [0.15, 0.2) is 0 Å². The highest BCUT2D eigenvalue weighted by molar-refractivity contribution is 5.99. The van der Waals surface area contributed by atoms with Crippen molar-refractivity contribution in [3.8, 4) is 0 Å². The summed E-state index contributed by atoms with van der Waals surface area (Å²) in [5.41, 5.74) is 0. The van der Waals surface area contributed by atoms with Gasteiger partial charge in [-0.1, -0.05) is 13.8 Å². The van der Waals surface area contributed by atoms with Gasteiger partial charge in [0.1, 0.15) is 11.7 Å². The van der Waals surface area contributed by atoms with Crippen LogP contribution >= 0.6 is 0 Å².